The molecule has 50 heavy (non-hydrogen) atoms. The zero-order chi connectivity index (χ0) is 33.0. The van der Waals surface area contributed by atoms with E-state index in [0.29, 0.717) is 17.5 Å². The number of hydrogen-bond donors (Lipinski definition) is 0. The quantitative estimate of drug-likeness (QED) is 0.187. The van der Waals surface area contributed by atoms with Crippen LogP contribution in [0.2, 0.25) is 0 Å². The van der Waals surface area contributed by atoms with Gasteiger partial charge in [0.05, 0.1) is 0 Å². The number of hydrogen-bond acceptors (Lipinski definition) is 5. The number of allylic oxidation sites excluding steroid dienone is 1. The van der Waals surface area contributed by atoms with Crippen molar-refractivity contribution in [2.24, 2.45) is 0 Å². The first-order valence-corrected chi connectivity index (χ1v) is 16.9. The van der Waals surface area contributed by atoms with Crippen LogP contribution < -0.4 is 0 Å². The SMILES string of the molecule is C1=Cc2c(oc3cccc(-c4cc(-c5nc(-c6ccccc6)nc(-c6ccc(-c7ccccc7)cc6)n5)c5c(c4)oc4ccccc45)c23)CC1. The van der Waals surface area contributed by atoms with Gasteiger partial charge in [0, 0.05) is 44.8 Å². The Hall–Kier alpha value is -6.59. The number of aryl methyl sites for hydroxylation is 1. The molecule has 10 rings (SSSR count). The Morgan fingerprint density at radius 2 is 1.08 bits per heavy atom. The molecule has 0 fully saturated rings. The van der Waals surface area contributed by atoms with Crippen LogP contribution in [0.3, 0.4) is 0 Å². The summed E-state index contributed by atoms with van der Waals surface area (Å²) in [6.45, 7) is 0. The lowest BCUT2D eigenvalue weighted by molar-refractivity contribution is 0.546. The van der Waals surface area contributed by atoms with Crippen LogP contribution in [0.5, 0.6) is 0 Å². The molecule has 9 aromatic rings. The average molecular weight is 644 g/mol. The topological polar surface area (TPSA) is 65.0 Å². The Balaban J connectivity index is 1.23. The summed E-state index contributed by atoms with van der Waals surface area (Å²) in [5.74, 6) is 2.84. The maximum Gasteiger partial charge on any atom is 0.164 e. The van der Waals surface area contributed by atoms with Crippen molar-refractivity contribution in [1.29, 1.82) is 0 Å². The van der Waals surface area contributed by atoms with Crippen molar-refractivity contribution in [3.05, 3.63) is 157 Å². The Morgan fingerprint density at radius 1 is 0.440 bits per heavy atom. The van der Waals surface area contributed by atoms with Gasteiger partial charge in [-0.2, -0.15) is 0 Å². The maximum atomic E-state index is 6.56. The lowest BCUT2D eigenvalue weighted by atomic mass is 9.93. The van der Waals surface area contributed by atoms with E-state index in [1.165, 1.54) is 0 Å². The maximum absolute atomic E-state index is 6.56. The van der Waals surface area contributed by atoms with Crippen LogP contribution in [0.4, 0.5) is 0 Å². The predicted molar refractivity (Wildman–Crippen MR) is 201 cm³/mol. The normalized spacial score (nSPS) is 12.6. The molecule has 0 N–H and O–H groups in total. The van der Waals surface area contributed by atoms with Gasteiger partial charge in [-0.1, -0.05) is 127 Å². The molecule has 0 radical (unpaired) electrons. The number of nitrogens with zero attached hydrogens (tertiary/aromatic N) is 3. The number of furan rings is 2. The Bertz CT molecular complexity index is 2740. The van der Waals surface area contributed by atoms with Crippen molar-refractivity contribution in [3.8, 4) is 56.4 Å². The van der Waals surface area contributed by atoms with Gasteiger partial charge < -0.3 is 8.83 Å². The first-order chi connectivity index (χ1) is 24.8. The monoisotopic (exact) mass is 643 g/mol. The number of para-hydroxylation sites is 1. The van der Waals surface area contributed by atoms with E-state index in [2.05, 4.69) is 97.1 Å². The standard InChI is InChI=1S/C45H29N3O2/c1-3-12-28(13-4-1)29-22-24-31(25-23-29)44-46-43(30-14-5-2-6-15-30)47-45(48-44)36-26-32(27-40-42(36)35-17-8-10-20-38(35)50-40)33-18-11-21-39-41(33)34-16-7-9-19-37(34)49-39/h1-8,10-18,20-27H,9,19H2. The molecular weight excluding hydrogens is 615 g/mol. The van der Waals surface area contributed by atoms with Crippen molar-refractivity contribution < 1.29 is 8.83 Å². The summed E-state index contributed by atoms with van der Waals surface area (Å²) in [4.78, 5) is 15.4. The van der Waals surface area contributed by atoms with Crippen molar-refractivity contribution in [3.63, 3.8) is 0 Å². The molecule has 6 aromatic carbocycles. The molecule has 0 amide bonds. The second-order valence-corrected chi connectivity index (χ2v) is 12.7. The zero-order valence-corrected chi connectivity index (χ0v) is 27.0. The second-order valence-electron chi connectivity index (χ2n) is 12.7. The number of benzene rings is 6. The van der Waals surface area contributed by atoms with Gasteiger partial charge >= 0.3 is 0 Å². The van der Waals surface area contributed by atoms with Crippen LogP contribution in [-0.4, -0.2) is 15.0 Å². The molecule has 3 aromatic heterocycles. The Morgan fingerprint density at radius 3 is 1.88 bits per heavy atom. The van der Waals surface area contributed by atoms with E-state index < -0.39 is 0 Å². The van der Waals surface area contributed by atoms with E-state index in [0.717, 1.165) is 96.0 Å². The third-order valence-electron chi connectivity index (χ3n) is 9.60. The summed E-state index contributed by atoms with van der Waals surface area (Å²) in [6.07, 6.45) is 6.31. The molecule has 0 saturated carbocycles. The van der Waals surface area contributed by atoms with E-state index in [-0.39, 0.29) is 0 Å². The van der Waals surface area contributed by atoms with Crippen LogP contribution in [0.25, 0.3) is 95.4 Å². The van der Waals surface area contributed by atoms with Gasteiger partial charge in [0.1, 0.15) is 22.5 Å². The lowest BCUT2D eigenvalue weighted by Crippen LogP contribution is -2.00. The highest BCUT2D eigenvalue weighted by molar-refractivity contribution is 6.14. The molecular formula is C45H29N3O2. The van der Waals surface area contributed by atoms with E-state index in [1.807, 2.05) is 54.6 Å². The molecule has 0 atom stereocenters. The van der Waals surface area contributed by atoms with Gasteiger partial charge in [-0.15, -0.1) is 0 Å². The van der Waals surface area contributed by atoms with E-state index in [9.17, 15) is 0 Å². The molecule has 0 aliphatic heterocycles. The first-order valence-electron chi connectivity index (χ1n) is 16.9. The fourth-order valence-electron chi connectivity index (χ4n) is 7.21. The van der Waals surface area contributed by atoms with Gasteiger partial charge in [-0.05, 0) is 52.9 Å². The van der Waals surface area contributed by atoms with Crippen LogP contribution in [0.1, 0.15) is 17.7 Å². The average Bonchev–Trinajstić information content (AvgIpc) is 3.77. The van der Waals surface area contributed by atoms with Gasteiger partial charge in [0.2, 0.25) is 0 Å². The molecule has 3 heterocycles. The third-order valence-corrected chi connectivity index (χ3v) is 9.60. The number of fused-ring (bicyclic) bond motifs is 6. The van der Waals surface area contributed by atoms with Crippen LogP contribution in [-0.2, 0) is 6.42 Å². The van der Waals surface area contributed by atoms with E-state index >= 15 is 0 Å². The molecule has 0 saturated heterocycles. The molecule has 0 unspecified atom stereocenters. The number of aromatic nitrogens is 3. The minimum Gasteiger partial charge on any atom is -0.460 e. The summed E-state index contributed by atoms with van der Waals surface area (Å²) in [7, 11) is 0. The van der Waals surface area contributed by atoms with Crippen molar-refractivity contribution in [1.82, 2.24) is 15.0 Å². The summed E-state index contributed by atoms with van der Waals surface area (Å²) < 4.78 is 12.9. The fourth-order valence-corrected chi connectivity index (χ4v) is 7.21. The summed E-state index contributed by atoms with van der Waals surface area (Å²) in [6, 6.07) is 47.7. The van der Waals surface area contributed by atoms with Crippen molar-refractivity contribution in [2.75, 3.05) is 0 Å². The molecule has 0 spiro atoms. The van der Waals surface area contributed by atoms with Gasteiger partial charge in [0.15, 0.2) is 17.5 Å². The lowest BCUT2D eigenvalue weighted by Gasteiger charge is -2.12. The zero-order valence-electron chi connectivity index (χ0n) is 27.0. The largest absolute Gasteiger partial charge is 0.460 e. The molecule has 5 heteroatoms. The Labute approximate surface area is 288 Å². The smallest absolute Gasteiger partial charge is 0.164 e. The summed E-state index contributed by atoms with van der Waals surface area (Å²) in [5, 5.41) is 3.10. The molecule has 1 aliphatic carbocycles. The van der Waals surface area contributed by atoms with E-state index in [1.54, 1.807) is 0 Å². The molecule has 0 bridgehead atoms. The van der Waals surface area contributed by atoms with Gasteiger partial charge in [-0.3, -0.25) is 0 Å². The summed E-state index contributed by atoms with van der Waals surface area (Å²) in [5.41, 5.74) is 10.7. The third kappa shape index (κ3) is 4.74. The highest BCUT2D eigenvalue weighted by Gasteiger charge is 2.22. The molecule has 236 valence electrons. The van der Waals surface area contributed by atoms with Crippen LogP contribution in [0.15, 0.2) is 154 Å². The Kier molecular flexibility index (Phi) is 6.56. The van der Waals surface area contributed by atoms with Crippen LogP contribution in [0, 0.1) is 0 Å². The highest BCUT2D eigenvalue weighted by atomic mass is 16.3. The minimum atomic E-state index is 0.584. The van der Waals surface area contributed by atoms with E-state index in [4.69, 9.17) is 23.8 Å². The van der Waals surface area contributed by atoms with Crippen LogP contribution >= 0.6 is 0 Å². The predicted octanol–water partition coefficient (Wildman–Crippen LogP) is 11.8. The highest BCUT2D eigenvalue weighted by Crippen LogP contribution is 2.43. The fraction of sp³-hybridized carbons (Fsp3) is 0.0444. The van der Waals surface area contributed by atoms with Gasteiger partial charge in [-0.25, -0.2) is 15.0 Å². The molecule has 5 nitrogen and oxygen atoms in total. The summed E-state index contributed by atoms with van der Waals surface area (Å²) >= 11 is 0. The number of rotatable bonds is 5. The van der Waals surface area contributed by atoms with Crippen molar-refractivity contribution >= 4 is 39.0 Å². The van der Waals surface area contributed by atoms with Gasteiger partial charge in [0.25, 0.3) is 0 Å². The second kappa shape index (κ2) is 11.5. The minimum absolute atomic E-state index is 0.584. The first kappa shape index (κ1) is 28.4. The molecule has 1 aliphatic rings. The van der Waals surface area contributed by atoms with Crippen molar-refractivity contribution in [2.45, 2.75) is 12.8 Å².